The van der Waals surface area contributed by atoms with Crippen LogP contribution in [-0.4, -0.2) is 42.6 Å². The van der Waals surface area contributed by atoms with Gasteiger partial charge < -0.3 is 14.6 Å². The van der Waals surface area contributed by atoms with Crippen molar-refractivity contribution in [3.8, 4) is 0 Å². The molecule has 0 radical (unpaired) electrons. The number of halogens is 3. The summed E-state index contributed by atoms with van der Waals surface area (Å²) >= 11 is 0. The lowest BCUT2D eigenvalue weighted by molar-refractivity contribution is -0.173. The van der Waals surface area contributed by atoms with Crippen LogP contribution in [0.5, 0.6) is 0 Å². The molecule has 0 bridgehead atoms. The molecular formula is C11H18F3N3O2. The van der Waals surface area contributed by atoms with Crippen molar-refractivity contribution in [2.45, 2.75) is 38.4 Å². The first kappa shape index (κ1) is 15.9. The zero-order valence-electron chi connectivity index (χ0n) is 11.1. The van der Waals surface area contributed by atoms with Crippen molar-refractivity contribution in [2.24, 2.45) is 0 Å². The van der Waals surface area contributed by atoms with E-state index < -0.39 is 12.8 Å². The van der Waals surface area contributed by atoms with Crippen molar-refractivity contribution < 1.29 is 22.4 Å². The highest BCUT2D eigenvalue weighted by molar-refractivity contribution is 4.96. The first-order chi connectivity index (χ1) is 8.83. The van der Waals surface area contributed by atoms with Gasteiger partial charge in [-0.2, -0.15) is 18.2 Å². The van der Waals surface area contributed by atoms with E-state index in [1.165, 1.54) is 0 Å². The van der Waals surface area contributed by atoms with Gasteiger partial charge in [0.05, 0.1) is 12.5 Å². The number of rotatable bonds is 7. The fourth-order valence-corrected chi connectivity index (χ4v) is 1.37. The second-order valence-corrected chi connectivity index (χ2v) is 4.33. The lowest BCUT2D eigenvalue weighted by atomic mass is 10.0. The molecule has 0 spiro atoms. The Morgan fingerprint density at radius 1 is 1.37 bits per heavy atom. The van der Waals surface area contributed by atoms with Crippen LogP contribution in [0.15, 0.2) is 4.52 Å². The molecule has 1 rings (SSSR count). The molecule has 110 valence electrons. The van der Waals surface area contributed by atoms with E-state index in [0.717, 1.165) is 0 Å². The van der Waals surface area contributed by atoms with Gasteiger partial charge in [-0.05, 0) is 14.0 Å². The molecule has 0 saturated carbocycles. The van der Waals surface area contributed by atoms with E-state index in [4.69, 9.17) is 4.52 Å². The molecule has 0 saturated heterocycles. The minimum Gasteiger partial charge on any atom is -0.372 e. The molecule has 2 atom stereocenters. The smallest absolute Gasteiger partial charge is 0.372 e. The molecule has 1 aromatic heterocycles. The molecule has 0 fully saturated rings. The summed E-state index contributed by atoms with van der Waals surface area (Å²) in [5.41, 5.74) is 0. The summed E-state index contributed by atoms with van der Waals surface area (Å²) in [5.74, 6) is 0.849. The predicted molar refractivity (Wildman–Crippen MR) is 61.8 cm³/mol. The maximum atomic E-state index is 11.8. The SMILES string of the molecule is CNC(C)C(C)c1nc(CCOCC(F)(F)F)no1. The standard InChI is InChI=1S/C11H18F3N3O2/c1-7(8(2)15-3)10-16-9(17-19-10)4-5-18-6-11(12,13)14/h7-8,15H,4-6H2,1-3H3. The third-order valence-corrected chi connectivity index (χ3v) is 2.81. The minimum absolute atomic E-state index is 0.0299. The number of hydrogen-bond acceptors (Lipinski definition) is 5. The third kappa shape index (κ3) is 5.56. The van der Waals surface area contributed by atoms with Crippen molar-refractivity contribution in [1.29, 1.82) is 0 Å². The van der Waals surface area contributed by atoms with Crippen molar-refractivity contribution in [2.75, 3.05) is 20.3 Å². The number of aromatic nitrogens is 2. The topological polar surface area (TPSA) is 60.2 Å². The molecule has 0 aromatic carbocycles. The number of nitrogens with zero attached hydrogens (tertiary/aromatic N) is 2. The van der Waals surface area contributed by atoms with Crippen LogP contribution < -0.4 is 5.32 Å². The Balaban J connectivity index is 2.39. The van der Waals surface area contributed by atoms with Gasteiger partial charge in [0, 0.05) is 12.5 Å². The number of likely N-dealkylation sites (N-methyl/N-ethyl adjacent to an activating group) is 1. The van der Waals surface area contributed by atoms with Crippen molar-refractivity contribution in [3.63, 3.8) is 0 Å². The summed E-state index contributed by atoms with van der Waals surface area (Å²) in [7, 11) is 1.82. The van der Waals surface area contributed by atoms with E-state index in [1.54, 1.807) is 0 Å². The molecule has 5 nitrogen and oxygen atoms in total. The predicted octanol–water partition coefficient (Wildman–Crippen LogP) is 1.90. The van der Waals surface area contributed by atoms with Crippen molar-refractivity contribution in [1.82, 2.24) is 15.5 Å². The van der Waals surface area contributed by atoms with Gasteiger partial charge in [0.1, 0.15) is 6.61 Å². The fourth-order valence-electron chi connectivity index (χ4n) is 1.37. The first-order valence-corrected chi connectivity index (χ1v) is 5.97. The van der Waals surface area contributed by atoms with Gasteiger partial charge in [0.2, 0.25) is 5.89 Å². The van der Waals surface area contributed by atoms with Gasteiger partial charge in [0.25, 0.3) is 0 Å². The Morgan fingerprint density at radius 3 is 2.63 bits per heavy atom. The van der Waals surface area contributed by atoms with Crippen LogP contribution in [0.3, 0.4) is 0 Å². The molecule has 19 heavy (non-hydrogen) atoms. The largest absolute Gasteiger partial charge is 0.411 e. The summed E-state index contributed by atoms with van der Waals surface area (Å²) in [5, 5.41) is 6.78. The first-order valence-electron chi connectivity index (χ1n) is 5.97. The molecule has 1 heterocycles. The second-order valence-electron chi connectivity index (χ2n) is 4.33. The van der Waals surface area contributed by atoms with Crippen LogP contribution >= 0.6 is 0 Å². The van der Waals surface area contributed by atoms with Crippen LogP contribution in [0, 0.1) is 0 Å². The quantitative estimate of drug-likeness (QED) is 0.773. The van der Waals surface area contributed by atoms with Gasteiger partial charge in [-0.1, -0.05) is 12.1 Å². The van der Waals surface area contributed by atoms with Gasteiger partial charge in [0.15, 0.2) is 5.82 Å². The van der Waals surface area contributed by atoms with Crippen molar-refractivity contribution in [3.05, 3.63) is 11.7 Å². The lowest BCUT2D eigenvalue weighted by Gasteiger charge is -2.14. The van der Waals surface area contributed by atoms with E-state index in [2.05, 4.69) is 20.2 Å². The number of nitrogens with one attached hydrogen (secondary N) is 1. The van der Waals surface area contributed by atoms with Gasteiger partial charge in [-0.25, -0.2) is 0 Å². The van der Waals surface area contributed by atoms with E-state index in [0.29, 0.717) is 11.7 Å². The fraction of sp³-hybridized carbons (Fsp3) is 0.818. The van der Waals surface area contributed by atoms with Gasteiger partial charge >= 0.3 is 6.18 Å². The van der Waals surface area contributed by atoms with E-state index in [-0.39, 0.29) is 25.0 Å². The van der Waals surface area contributed by atoms with Crippen molar-refractivity contribution >= 4 is 0 Å². The Labute approximate surface area is 109 Å². The zero-order valence-corrected chi connectivity index (χ0v) is 11.1. The number of hydrogen-bond donors (Lipinski definition) is 1. The Bertz CT molecular complexity index is 382. The highest BCUT2D eigenvalue weighted by atomic mass is 19.4. The molecule has 1 N–H and O–H groups in total. The molecule has 8 heteroatoms. The molecule has 0 aliphatic heterocycles. The summed E-state index contributed by atoms with van der Waals surface area (Å²) in [6, 6.07) is 0.162. The Kier molecular flexibility index (Phi) is 5.74. The molecule has 0 aliphatic carbocycles. The van der Waals surface area contributed by atoms with Crippen LogP contribution in [-0.2, 0) is 11.2 Å². The second kappa shape index (κ2) is 6.85. The van der Waals surface area contributed by atoms with Crippen LogP contribution in [0.4, 0.5) is 13.2 Å². The highest BCUT2D eigenvalue weighted by Gasteiger charge is 2.27. The highest BCUT2D eigenvalue weighted by Crippen LogP contribution is 2.17. The number of alkyl halides is 3. The summed E-state index contributed by atoms with van der Waals surface area (Å²) in [4.78, 5) is 4.13. The normalized spacial score (nSPS) is 15.5. The van der Waals surface area contributed by atoms with Gasteiger partial charge in [-0.3, -0.25) is 0 Å². The maximum Gasteiger partial charge on any atom is 0.411 e. The van der Waals surface area contributed by atoms with E-state index in [9.17, 15) is 13.2 Å². The Hall–Kier alpha value is -1.15. The van der Waals surface area contributed by atoms with E-state index in [1.807, 2.05) is 20.9 Å². The van der Waals surface area contributed by atoms with Gasteiger partial charge in [-0.15, -0.1) is 0 Å². The number of ether oxygens (including phenoxy) is 1. The maximum absolute atomic E-state index is 11.8. The summed E-state index contributed by atoms with van der Waals surface area (Å²) in [6.07, 6.45) is -4.11. The van der Waals surface area contributed by atoms with E-state index >= 15 is 0 Å². The summed E-state index contributed by atoms with van der Waals surface area (Å²) < 4.78 is 45.1. The molecule has 0 aliphatic rings. The lowest BCUT2D eigenvalue weighted by Crippen LogP contribution is -2.27. The van der Waals surface area contributed by atoms with Crippen LogP contribution in [0.1, 0.15) is 31.5 Å². The molecule has 1 aromatic rings. The van der Waals surface area contributed by atoms with Crippen LogP contribution in [0.2, 0.25) is 0 Å². The minimum atomic E-state index is -4.31. The molecule has 0 amide bonds. The third-order valence-electron chi connectivity index (χ3n) is 2.81. The molecule has 2 unspecified atom stereocenters. The Morgan fingerprint density at radius 2 is 2.05 bits per heavy atom. The average Bonchev–Trinajstić information content (AvgIpc) is 2.80. The molecular weight excluding hydrogens is 263 g/mol. The average molecular weight is 281 g/mol. The monoisotopic (exact) mass is 281 g/mol. The van der Waals surface area contributed by atoms with Crippen LogP contribution in [0.25, 0.3) is 0 Å². The zero-order chi connectivity index (χ0) is 14.5. The summed E-state index contributed by atoms with van der Waals surface area (Å²) in [6.45, 7) is 2.55.